The molecule has 0 saturated carbocycles. The number of nitrogens with zero attached hydrogens (tertiary/aromatic N) is 1. The molecule has 1 aliphatic rings. The summed E-state index contributed by atoms with van der Waals surface area (Å²) in [6.45, 7) is 3.28. The van der Waals surface area contributed by atoms with Gasteiger partial charge in [-0.3, -0.25) is 0 Å². The van der Waals surface area contributed by atoms with Crippen molar-refractivity contribution in [3.05, 3.63) is 89.0 Å². The highest BCUT2D eigenvalue weighted by molar-refractivity contribution is 5.69. The minimum absolute atomic E-state index is 0.168. The van der Waals surface area contributed by atoms with Crippen molar-refractivity contribution < 1.29 is 23.7 Å². The second kappa shape index (κ2) is 11.0. The average Bonchev–Trinajstić information content (AvgIpc) is 2.88. The second-order valence-electron chi connectivity index (χ2n) is 8.19. The first-order chi connectivity index (χ1) is 16.6. The van der Waals surface area contributed by atoms with Gasteiger partial charge >= 0.3 is 6.09 Å². The van der Waals surface area contributed by atoms with Crippen LogP contribution in [0.1, 0.15) is 35.2 Å². The number of rotatable bonds is 8. The summed E-state index contributed by atoms with van der Waals surface area (Å²) in [5.74, 6) is 2.16. The van der Waals surface area contributed by atoms with E-state index < -0.39 is 0 Å². The Labute approximate surface area is 201 Å². The Morgan fingerprint density at radius 2 is 1.65 bits per heavy atom. The smallest absolute Gasteiger partial charge is 0.410 e. The van der Waals surface area contributed by atoms with Crippen LogP contribution in [0.4, 0.5) is 4.79 Å². The quantitative estimate of drug-likeness (QED) is 0.438. The van der Waals surface area contributed by atoms with Crippen LogP contribution in [0.15, 0.2) is 66.7 Å². The molecule has 0 N–H and O–H groups in total. The third-order valence-corrected chi connectivity index (χ3v) is 6.11. The van der Waals surface area contributed by atoms with Crippen molar-refractivity contribution >= 4 is 6.09 Å². The summed E-state index contributed by atoms with van der Waals surface area (Å²) in [6.07, 6.45) is 1.09. The van der Waals surface area contributed by atoms with Crippen LogP contribution in [-0.2, 0) is 24.2 Å². The highest BCUT2D eigenvalue weighted by Crippen LogP contribution is 2.39. The molecule has 1 amide bonds. The Balaban J connectivity index is 1.56. The molecular formula is C28H31NO5. The van der Waals surface area contributed by atoms with E-state index in [0.29, 0.717) is 37.7 Å². The number of carbonyl (C=O) groups excluding carboxylic acids is 1. The summed E-state index contributed by atoms with van der Waals surface area (Å²) < 4.78 is 22.3. The summed E-state index contributed by atoms with van der Waals surface area (Å²) in [4.78, 5) is 14.6. The fourth-order valence-electron chi connectivity index (χ4n) is 4.36. The SMILES string of the molecule is CCOC(=O)N1CCc2cc(OC)c(OC)cc2[C@@H]1Cc1ccc(OCc2ccccc2)cc1. The predicted octanol–water partition coefficient (Wildman–Crippen LogP) is 5.58. The first-order valence-electron chi connectivity index (χ1n) is 11.6. The molecule has 6 heteroatoms. The van der Waals surface area contributed by atoms with Gasteiger partial charge in [-0.15, -0.1) is 0 Å². The molecule has 0 radical (unpaired) electrons. The van der Waals surface area contributed by atoms with Gasteiger partial charge < -0.3 is 23.8 Å². The van der Waals surface area contributed by atoms with E-state index in [9.17, 15) is 4.79 Å². The van der Waals surface area contributed by atoms with E-state index >= 15 is 0 Å². The summed E-state index contributed by atoms with van der Waals surface area (Å²) in [5.41, 5.74) is 4.45. The third-order valence-electron chi connectivity index (χ3n) is 6.11. The Morgan fingerprint density at radius 3 is 2.32 bits per heavy atom. The van der Waals surface area contributed by atoms with Crippen LogP contribution >= 0.6 is 0 Å². The summed E-state index contributed by atoms with van der Waals surface area (Å²) in [7, 11) is 3.26. The highest BCUT2D eigenvalue weighted by atomic mass is 16.6. The number of benzene rings is 3. The first kappa shape index (κ1) is 23.5. The molecule has 1 atom stereocenters. The van der Waals surface area contributed by atoms with E-state index in [4.69, 9.17) is 18.9 Å². The lowest BCUT2D eigenvalue weighted by atomic mass is 9.88. The van der Waals surface area contributed by atoms with Crippen molar-refractivity contribution in [3.63, 3.8) is 0 Å². The maximum absolute atomic E-state index is 12.8. The molecule has 0 saturated heterocycles. The standard InChI is InChI=1S/C28H31NO5/c1-4-33-28(30)29-15-14-22-17-26(31-2)27(32-3)18-24(22)25(29)16-20-10-12-23(13-11-20)34-19-21-8-6-5-7-9-21/h5-13,17-18,25H,4,14-16,19H2,1-3H3/t25-/m0/s1. The second-order valence-corrected chi connectivity index (χ2v) is 8.19. The molecule has 1 heterocycles. The van der Waals surface area contributed by atoms with E-state index in [1.165, 1.54) is 0 Å². The van der Waals surface area contributed by atoms with E-state index in [1.807, 2.05) is 66.4 Å². The molecule has 0 unspecified atom stereocenters. The molecule has 0 bridgehead atoms. The molecule has 0 fully saturated rings. The number of ether oxygens (including phenoxy) is 4. The molecule has 34 heavy (non-hydrogen) atoms. The van der Waals surface area contributed by atoms with Crippen LogP contribution < -0.4 is 14.2 Å². The van der Waals surface area contributed by atoms with Gasteiger partial charge in [-0.25, -0.2) is 4.79 Å². The zero-order chi connectivity index (χ0) is 23.9. The van der Waals surface area contributed by atoms with E-state index in [1.54, 1.807) is 14.2 Å². The van der Waals surface area contributed by atoms with Crippen LogP contribution in [0.3, 0.4) is 0 Å². The van der Waals surface area contributed by atoms with Gasteiger partial charge in [-0.1, -0.05) is 42.5 Å². The lowest BCUT2D eigenvalue weighted by Crippen LogP contribution is -2.41. The zero-order valence-electron chi connectivity index (χ0n) is 20.0. The Kier molecular flexibility index (Phi) is 7.58. The monoisotopic (exact) mass is 461 g/mol. The molecule has 178 valence electrons. The summed E-state index contributed by atoms with van der Waals surface area (Å²) >= 11 is 0. The Bertz CT molecular complexity index is 1100. The first-order valence-corrected chi connectivity index (χ1v) is 11.6. The van der Waals surface area contributed by atoms with Gasteiger partial charge in [-0.2, -0.15) is 0 Å². The molecule has 0 aliphatic carbocycles. The van der Waals surface area contributed by atoms with Gasteiger partial charge in [-0.05, 0) is 66.3 Å². The van der Waals surface area contributed by atoms with Gasteiger partial charge in [0.25, 0.3) is 0 Å². The van der Waals surface area contributed by atoms with Crippen molar-refractivity contribution in [2.24, 2.45) is 0 Å². The minimum Gasteiger partial charge on any atom is -0.493 e. The van der Waals surface area contributed by atoms with Crippen LogP contribution in [0.5, 0.6) is 17.2 Å². The van der Waals surface area contributed by atoms with Crippen LogP contribution in [0.25, 0.3) is 0 Å². The van der Waals surface area contributed by atoms with Gasteiger partial charge in [0.15, 0.2) is 11.5 Å². The largest absolute Gasteiger partial charge is 0.493 e. The van der Waals surface area contributed by atoms with Crippen molar-refractivity contribution in [2.75, 3.05) is 27.4 Å². The van der Waals surface area contributed by atoms with E-state index in [-0.39, 0.29) is 12.1 Å². The predicted molar refractivity (Wildman–Crippen MR) is 131 cm³/mol. The lowest BCUT2D eigenvalue weighted by Gasteiger charge is -2.37. The molecule has 4 rings (SSSR count). The maximum atomic E-state index is 12.8. The highest BCUT2D eigenvalue weighted by Gasteiger charge is 2.33. The minimum atomic E-state index is -0.296. The molecule has 1 aliphatic heterocycles. The third kappa shape index (κ3) is 5.28. The average molecular weight is 462 g/mol. The normalized spacial score (nSPS) is 14.8. The molecule has 3 aromatic rings. The number of fused-ring (bicyclic) bond motifs is 1. The Hall–Kier alpha value is -3.67. The van der Waals surface area contributed by atoms with Crippen LogP contribution in [0, 0.1) is 0 Å². The zero-order valence-corrected chi connectivity index (χ0v) is 20.0. The van der Waals surface area contributed by atoms with Gasteiger partial charge in [0, 0.05) is 6.54 Å². The van der Waals surface area contributed by atoms with E-state index in [0.717, 1.165) is 34.4 Å². The fourth-order valence-corrected chi connectivity index (χ4v) is 4.36. The van der Waals surface area contributed by atoms with E-state index in [2.05, 4.69) is 12.1 Å². The summed E-state index contributed by atoms with van der Waals surface area (Å²) in [6, 6.07) is 22.0. The maximum Gasteiger partial charge on any atom is 0.410 e. The molecule has 6 nitrogen and oxygen atoms in total. The summed E-state index contributed by atoms with van der Waals surface area (Å²) in [5, 5.41) is 0. The van der Waals surface area contributed by atoms with Gasteiger partial charge in [0.1, 0.15) is 12.4 Å². The van der Waals surface area contributed by atoms with Crippen molar-refractivity contribution in [2.45, 2.75) is 32.4 Å². The topological polar surface area (TPSA) is 57.2 Å². The Morgan fingerprint density at radius 1 is 0.941 bits per heavy atom. The fraction of sp³-hybridized carbons (Fsp3) is 0.321. The molecule has 0 aromatic heterocycles. The lowest BCUT2D eigenvalue weighted by molar-refractivity contribution is 0.0863. The molecule has 0 spiro atoms. The van der Waals surface area contributed by atoms with Crippen LogP contribution in [0.2, 0.25) is 0 Å². The number of hydrogen-bond acceptors (Lipinski definition) is 5. The number of methoxy groups -OCH3 is 2. The number of carbonyl (C=O) groups is 1. The van der Waals surface area contributed by atoms with Crippen molar-refractivity contribution in [3.8, 4) is 17.2 Å². The van der Waals surface area contributed by atoms with Crippen LogP contribution in [-0.4, -0.2) is 38.4 Å². The van der Waals surface area contributed by atoms with Gasteiger partial charge in [0.05, 0.1) is 26.9 Å². The molecular weight excluding hydrogens is 430 g/mol. The number of hydrogen-bond donors (Lipinski definition) is 0. The van der Waals surface area contributed by atoms with Crippen molar-refractivity contribution in [1.82, 2.24) is 4.90 Å². The van der Waals surface area contributed by atoms with Crippen molar-refractivity contribution in [1.29, 1.82) is 0 Å². The molecule has 3 aromatic carbocycles. The van der Waals surface area contributed by atoms with Gasteiger partial charge in [0.2, 0.25) is 0 Å². The number of amides is 1.